The lowest BCUT2D eigenvalue weighted by Gasteiger charge is -2.15. The molecule has 0 radical (unpaired) electrons. The van der Waals surface area contributed by atoms with Crippen LogP contribution in [0.1, 0.15) is 6.42 Å². The van der Waals surface area contributed by atoms with Crippen LogP contribution in [0, 0.1) is 0 Å². The molecule has 1 aliphatic heterocycles. The number of aromatic nitrogens is 4. The molecule has 0 bridgehead atoms. The highest BCUT2D eigenvalue weighted by atomic mass is 31.2. The standard InChI is InChI=1S/C11H14N5O5P/c1-5-2-7(22(18,19)20)21-6(5)3-16-4-13-8-9(16)14-11(12)15-10(8)17/h4,6-7H,1-3H2,(H2,18,19,20)(H3,12,14,15,17)/t6-,7-/m1/s1. The monoisotopic (exact) mass is 327 g/mol. The maximum atomic E-state index is 11.7. The molecule has 3 rings (SSSR count). The fraction of sp³-hybridized carbons (Fsp3) is 0.364. The number of nitrogens with two attached hydrogens (primary N) is 1. The molecule has 10 nitrogen and oxygen atoms in total. The van der Waals surface area contributed by atoms with Gasteiger partial charge < -0.3 is 24.8 Å². The summed E-state index contributed by atoms with van der Waals surface area (Å²) in [6.45, 7) is 3.96. The molecule has 2 aromatic heterocycles. The lowest BCUT2D eigenvalue weighted by atomic mass is 10.1. The second-order valence-corrected chi connectivity index (χ2v) is 6.81. The van der Waals surface area contributed by atoms with Gasteiger partial charge in [0.2, 0.25) is 5.95 Å². The van der Waals surface area contributed by atoms with E-state index < -0.39 is 25.1 Å². The molecule has 0 aliphatic carbocycles. The third-order valence-electron chi connectivity index (χ3n) is 3.44. The highest BCUT2D eigenvalue weighted by molar-refractivity contribution is 7.52. The second-order valence-electron chi connectivity index (χ2n) is 5.05. The van der Waals surface area contributed by atoms with Crippen LogP contribution in [-0.2, 0) is 15.8 Å². The van der Waals surface area contributed by atoms with Gasteiger partial charge in [-0.05, 0) is 5.57 Å². The summed E-state index contributed by atoms with van der Waals surface area (Å²) >= 11 is 0. The summed E-state index contributed by atoms with van der Waals surface area (Å²) in [6, 6.07) is 0. The molecule has 0 spiro atoms. The van der Waals surface area contributed by atoms with E-state index in [4.69, 9.17) is 10.5 Å². The number of nitrogen functional groups attached to an aromatic ring is 1. The first kappa shape index (κ1) is 14.9. The van der Waals surface area contributed by atoms with Crippen molar-refractivity contribution in [3.05, 3.63) is 28.8 Å². The van der Waals surface area contributed by atoms with Crippen LogP contribution in [-0.4, -0.2) is 41.3 Å². The minimum atomic E-state index is -4.34. The molecular weight excluding hydrogens is 313 g/mol. The summed E-state index contributed by atoms with van der Waals surface area (Å²) in [7, 11) is -4.34. The summed E-state index contributed by atoms with van der Waals surface area (Å²) < 4.78 is 18.2. The van der Waals surface area contributed by atoms with Crippen molar-refractivity contribution in [1.29, 1.82) is 0 Å². The quantitative estimate of drug-likeness (QED) is 0.436. The van der Waals surface area contributed by atoms with E-state index in [-0.39, 0.29) is 30.1 Å². The van der Waals surface area contributed by atoms with E-state index >= 15 is 0 Å². The molecule has 0 amide bonds. The van der Waals surface area contributed by atoms with Gasteiger partial charge in [-0.1, -0.05) is 6.58 Å². The van der Waals surface area contributed by atoms with Crippen molar-refractivity contribution in [2.24, 2.45) is 0 Å². The van der Waals surface area contributed by atoms with E-state index in [1.54, 1.807) is 4.57 Å². The predicted octanol–water partition coefficient (Wildman–Crippen LogP) is -0.449. The molecule has 0 unspecified atom stereocenters. The molecule has 1 saturated heterocycles. The van der Waals surface area contributed by atoms with Crippen molar-refractivity contribution < 1.29 is 19.1 Å². The average molecular weight is 327 g/mol. The average Bonchev–Trinajstić information content (AvgIpc) is 2.95. The normalized spacial score (nSPS) is 22.5. The van der Waals surface area contributed by atoms with Crippen molar-refractivity contribution in [3.63, 3.8) is 0 Å². The number of nitrogens with one attached hydrogen (secondary N) is 1. The molecule has 1 aliphatic rings. The van der Waals surface area contributed by atoms with E-state index in [9.17, 15) is 19.1 Å². The van der Waals surface area contributed by atoms with Gasteiger partial charge in [0.15, 0.2) is 17.0 Å². The summed E-state index contributed by atoms with van der Waals surface area (Å²) in [5, 5.41) is 0. The fourth-order valence-corrected chi connectivity index (χ4v) is 3.12. The van der Waals surface area contributed by atoms with Crippen LogP contribution >= 0.6 is 7.60 Å². The Kier molecular flexibility index (Phi) is 3.41. The van der Waals surface area contributed by atoms with E-state index in [1.807, 2.05) is 0 Å². The predicted molar refractivity (Wildman–Crippen MR) is 77.0 cm³/mol. The van der Waals surface area contributed by atoms with Gasteiger partial charge in [0.25, 0.3) is 5.56 Å². The Morgan fingerprint density at radius 1 is 1.59 bits per heavy atom. The molecule has 2 aromatic rings. The highest BCUT2D eigenvalue weighted by Crippen LogP contribution is 2.49. The number of imidazole rings is 1. The Labute approximate surface area is 123 Å². The number of anilines is 1. The SMILES string of the molecule is C=C1C[C@@H](P(=O)(O)O)O[C@@H]1Cn1cnc2c(=O)[nH]c(N)nc21. The van der Waals surface area contributed by atoms with Crippen LogP contribution in [0.4, 0.5) is 5.95 Å². The van der Waals surface area contributed by atoms with E-state index in [0.29, 0.717) is 5.57 Å². The van der Waals surface area contributed by atoms with Crippen molar-refractivity contribution in [2.45, 2.75) is 24.9 Å². The van der Waals surface area contributed by atoms with Gasteiger partial charge >= 0.3 is 7.60 Å². The molecule has 22 heavy (non-hydrogen) atoms. The summed E-state index contributed by atoms with van der Waals surface area (Å²) in [5.41, 5.74) is 6.02. The number of nitrogens with zero attached hydrogens (tertiary/aromatic N) is 3. The maximum Gasteiger partial charge on any atom is 0.354 e. The molecule has 3 heterocycles. The fourth-order valence-electron chi connectivity index (χ4n) is 2.34. The Balaban J connectivity index is 1.90. The molecule has 0 aromatic carbocycles. The number of hydrogen-bond acceptors (Lipinski definition) is 6. The number of fused-ring (bicyclic) bond motifs is 1. The minimum Gasteiger partial charge on any atom is -0.369 e. The Bertz CT molecular complexity index is 852. The zero-order valence-corrected chi connectivity index (χ0v) is 12.2. The maximum absolute atomic E-state index is 11.7. The van der Waals surface area contributed by atoms with Gasteiger partial charge in [-0.2, -0.15) is 4.98 Å². The van der Waals surface area contributed by atoms with Crippen molar-refractivity contribution in [1.82, 2.24) is 19.5 Å². The van der Waals surface area contributed by atoms with Gasteiger partial charge in [0.05, 0.1) is 19.0 Å². The molecule has 2 atom stereocenters. The first-order valence-corrected chi connectivity index (χ1v) is 8.03. The second kappa shape index (κ2) is 5.03. The number of aromatic amines is 1. The zero-order chi connectivity index (χ0) is 16.1. The smallest absolute Gasteiger partial charge is 0.354 e. The third-order valence-corrected chi connectivity index (χ3v) is 4.50. The van der Waals surface area contributed by atoms with Crippen LogP contribution < -0.4 is 11.3 Å². The summed E-state index contributed by atoms with van der Waals surface area (Å²) in [5.74, 6) is -1.24. The third kappa shape index (κ3) is 2.57. The molecule has 118 valence electrons. The molecule has 0 saturated carbocycles. The lowest BCUT2D eigenvalue weighted by molar-refractivity contribution is 0.0717. The number of rotatable bonds is 3. The van der Waals surface area contributed by atoms with Crippen LogP contribution in [0.15, 0.2) is 23.3 Å². The zero-order valence-electron chi connectivity index (χ0n) is 11.3. The van der Waals surface area contributed by atoms with Crippen LogP contribution in [0.2, 0.25) is 0 Å². The first-order chi connectivity index (χ1) is 10.3. The largest absolute Gasteiger partial charge is 0.369 e. The Morgan fingerprint density at radius 2 is 2.32 bits per heavy atom. The van der Waals surface area contributed by atoms with E-state index in [2.05, 4.69) is 21.5 Å². The van der Waals surface area contributed by atoms with Crippen LogP contribution in [0.5, 0.6) is 0 Å². The highest BCUT2D eigenvalue weighted by Gasteiger charge is 2.40. The van der Waals surface area contributed by atoms with Crippen LogP contribution in [0.25, 0.3) is 11.2 Å². The molecular formula is C11H14N5O5P. The number of ether oxygens (including phenoxy) is 1. The Morgan fingerprint density at radius 3 is 2.95 bits per heavy atom. The van der Waals surface area contributed by atoms with Gasteiger partial charge in [-0.25, -0.2) is 4.98 Å². The van der Waals surface area contributed by atoms with E-state index in [1.165, 1.54) is 6.33 Å². The number of H-pyrrole nitrogens is 1. The van der Waals surface area contributed by atoms with Crippen molar-refractivity contribution in [3.8, 4) is 0 Å². The summed E-state index contributed by atoms with van der Waals surface area (Å²) in [6.07, 6.45) is 0.878. The summed E-state index contributed by atoms with van der Waals surface area (Å²) in [4.78, 5) is 40.4. The minimum absolute atomic E-state index is 0.0430. The van der Waals surface area contributed by atoms with Crippen LogP contribution in [0.3, 0.4) is 0 Å². The Hall–Kier alpha value is -2.00. The van der Waals surface area contributed by atoms with Crippen molar-refractivity contribution in [2.75, 3.05) is 5.73 Å². The lowest BCUT2D eigenvalue weighted by Crippen LogP contribution is -2.19. The molecule has 1 fully saturated rings. The van der Waals surface area contributed by atoms with E-state index in [0.717, 1.165) is 0 Å². The number of hydrogen-bond donors (Lipinski definition) is 4. The molecule has 11 heteroatoms. The van der Waals surface area contributed by atoms with Gasteiger partial charge in [0, 0.05) is 6.42 Å². The van der Waals surface area contributed by atoms with Gasteiger partial charge in [-0.3, -0.25) is 14.3 Å². The van der Waals surface area contributed by atoms with Gasteiger partial charge in [-0.15, -0.1) is 0 Å². The topological polar surface area (TPSA) is 156 Å². The first-order valence-electron chi connectivity index (χ1n) is 6.34. The van der Waals surface area contributed by atoms with Gasteiger partial charge in [0.1, 0.15) is 0 Å². The molecule has 5 N–H and O–H groups in total. The van der Waals surface area contributed by atoms with Crippen molar-refractivity contribution >= 4 is 24.7 Å².